The van der Waals surface area contributed by atoms with Crippen molar-refractivity contribution in [2.24, 2.45) is 0 Å². The highest BCUT2D eigenvalue weighted by atomic mass is 35.5. The van der Waals surface area contributed by atoms with E-state index in [2.05, 4.69) is 4.98 Å². The standard InChI is InChI=1S/C13H9ClN2O/c14-10-4-1-3-9(7-10)11-8-16-6-2-5-12(17)13(16)15-11/h1-8,17H. The van der Waals surface area contributed by atoms with E-state index in [4.69, 9.17) is 11.6 Å². The van der Waals surface area contributed by atoms with Gasteiger partial charge in [0.25, 0.3) is 0 Å². The van der Waals surface area contributed by atoms with Gasteiger partial charge in [-0.1, -0.05) is 23.7 Å². The maximum absolute atomic E-state index is 9.68. The molecule has 3 rings (SSSR count). The van der Waals surface area contributed by atoms with Crippen LogP contribution in [0.3, 0.4) is 0 Å². The Balaban J connectivity index is 2.22. The molecule has 0 aliphatic carbocycles. The Morgan fingerprint density at radius 1 is 1.18 bits per heavy atom. The summed E-state index contributed by atoms with van der Waals surface area (Å²) in [5.74, 6) is 0.167. The quantitative estimate of drug-likeness (QED) is 0.713. The number of rotatable bonds is 1. The minimum Gasteiger partial charge on any atom is -0.504 e. The number of nitrogens with zero attached hydrogens (tertiary/aromatic N) is 2. The number of hydrogen-bond donors (Lipinski definition) is 1. The van der Waals surface area contributed by atoms with Gasteiger partial charge in [-0.25, -0.2) is 4.98 Å². The van der Waals surface area contributed by atoms with Crippen LogP contribution in [0.1, 0.15) is 0 Å². The molecule has 0 saturated heterocycles. The number of aromatic nitrogens is 2. The average molecular weight is 245 g/mol. The van der Waals surface area contributed by atoms with Crippen LogP contribution in [-0.4, -0.2) is 14.5 Å². The van der Waals surface area contributed by atoms with E-state index in [9.17, 15) is 5.11 Å². The molecule has 2 heterocycles. The number of imidazole rings is 1. The molecule has 17 heavy (non-hydrogen) atoms. The van der Waals surface area contributed by atoms with Crippen LogP contribution in [0, 0.1) is 0 Å². The second-order valence-electron chi connectivity index (χ2n) is 3.76. The summed E-state index contributed by atoms with van der Waals surface area (Å²) in [6.45, 7) is 0. The van der Waals surface area contributed by atoms with E-state index < -0.39 is 0 Å². The summed E-state index contributed by atoms with van der Waals surface area (Å²) in [4.78, 5) is 4.38. The smallest absolute Gasteiger partial charge is 0.180 e. The second-order valence-corrected chi connectivity index (χ2v) is 4.20. The lowest BCUT2D eigenvalue weighted by Gasteiger charge is -1.95. The Labute approximate surface area is 103 Å². The van der Waals surface area contributed by atoms with Crippen LogP contribution in [0.15, 0.2) is 48.8 Å². The summed E-state index contributed by atoms with van der Waals surface area (Å²) < 4.78 is 1.78. The molecule has 0 radical (unpaired) electrons. The molecule has 0 fully saturated rings. The minimum absolute atomic E-state index is 0.167. The molecule has 0 aliphatic rings. The number of benzene rings is 1. The fraction of sp³-hybridized carbons (Fsp3) is 0. The molecule has 0 unspecified atom stereocenters. The summed E-state index contributed by atoms with van der Waals surface area (Å²) in [5, 5.41) is 10.3. The Morgan fingerprint density at radius 3 is 2.82 bits per heavy atom. The van der Waals surface area contributed by atoms with Crippen molar-refractivity contribution in [2.75, 3.05) is 0 Å². The van der Waals surface area contributed by atoms with E-state index in [0.717, 1.165) is 11.3 Å². The van der Waals surface area contributed by atoms with E-state index in [1.54, 1.807) is 16.5 Å². The van der Waals surface area contributed by atoms with Crippen molar-refractivity contribution in [3.05, 3.63) is 53.8 Å². The van der Waals surface area contributed by atoms with Gasteiger partial charge in [0.05, 0.1) is 5.69 Å². The van der Waals surface area contributed by atoms with Crippen LogP contribution in [0.4, 0.5) is 0 Å². The summed E-state index contributed by atoms with van der Waals surface area (Å²) in [6, 6.07) is 10.9. The molecular weight excluding hydrogens is 236 g/mol. The zero-order valence-electron chi connectivity index (χ0n) is 8.84. The Hall–Kier alpha value is -2.00. The van der Waals surface area contributed by atoms with Gasteiger partial charge in [0.2, 0.25) is 0 Å². The first-order valence-electron chi connectivity index (χ1n) is 5.17. The van der Waals surface area contributed by atoms with E-state index >= 15 is 0 Å². The van der Waals surface area contributed by atoms with E-state index in [-0.39, 0.29) is 5.75 Å². The second kappa shape index (κ2) is 3.79. The third-order valence-corrected chi connectivity index (χ3v) is 2.82. The number of pyridine rings is 1. The summed E-state index contributed by atoms with van der Waals surface area (Å²) in [5.41, 5.74) is 2.26. The van der Waals surface area contributed by atoms with Crippen molar-refractivity contribution in [1.82, 2.24) is 9.38 Å². The van der Waals surface area contributed by atoms with Gasteiger partial charge in [-0.3, -0.25) is 0 Å². The Kier molecular flexibility index (Phi) is 2.27. The largest absolute Gasteiger partial charge is 0.504 e. The lowest BCUT2D eigenvalue weighted by atomic mass is 10.2. The van der Waals surface area contributed by atoms with Crippen molar-refractivity contribution in [2.45, 2.75) is 0 Å². The third kappa shape index (κ3) is 1.74. The molecule has 84 valence electrons. The van der Waals surface area contributed by atoms with Gasteiger partial charge in [0.1, 0.15) is 0 Å². The van der Waals surface area contributed by atoms with Crippen LogP contribution >= 0.6 is 11.6 Å². The molecular formula is C13H9ClN2O. The van der Waals surface area contributed by atoms with Gasteiger partial charge in [0, 0.05) is 23.0 Å². The van der Waals surface area contributed by atoms with Gasteiger partial charge in [0.15, 0.2) is 11.4 Å². The topological polar surface area (TPSA) is 37.5 Å². The Morgan fingerprint density at radius 2 is 2.06 bits per heavy atom. The maximum Gasteiger partial charge on any atom is 0.180 e. The highest BCUT2D eigenvalue weighted by Gasteiger charge is 2.07. The van der Waals surface area contributed by atoms with Crippen molar-refractivity contribution >= 4 is 17.2 Å². The molecule has 0 aliphatic heterocycles. The van der Waals surface area contributed by atoms with Gasteiger partial charge >= 0.3 is 0 Å². The molecule has 0 bridgehead atoms. The predicted molar refractivity (Wildman–Crippen MR) is 67.3 cm³/mol. The first-order chi connectivity index (χ1) is 8.24. The van der Waals surface area contributed by atoms with Crippen LogP contribution in [0.2, 0.25) is 5.02 Å². The number of hydrogen-bond acceptors (Lipinski definition) is 2. The van der Waals surface area contributed by atoms with Crippen molar-refractivity contribution in [3.63, 3.8) is 0 Å². The van der Waals surface area contributed by atoms with E-state index in [0.29, 0.717) is 10.7 Å². The monoisotopic (exact) mass is 244 g/mol. The maximum atomic E-state index is 9.68. The first kappa shape index (κ1) is 10.2. The summed E-state index contributed by atoms with van der Waals surface area (Å²) in [6.07, 6.45) is 3.71. The molecule has 4 heteroatoms. The van der Waals surface area contributed by atoms with Crippen LogP contribution < -0.4 is 0 Å². The zero-order chi connectivity index (χ0) is 11.8. The van der Waals surface area contributed by atoms with Crippen molar-refractivity contribution in [1.29, 1.82) is 0 Å². The van der Waals surface area contributed by atoms with Gasteiger partial charge in [-0.05, 0) is 24.3 Å². The molecule has 0 saturated carbocycles. The Bertz CT molecular complexity index is 691. The number of halogens is 1. The molecule has 3 nitrogen and oxygen atoms in total. The number of fused-ring (bicyclic) bond motifs is 1. The molecule has 0 atom stereocenters. The van der Waals surface area contributed by atoms with Crippen LogP contribution in [-0.2, 0) is 0 Å². The van der Waals surface area contributed by atoms with Crippen molar-refractivity contribution < 1.29 is 5.11 Å². The van der Waals surface area contributed by atoms with E-state index in [1.807, 2.05) is 36.7 Å². The predicted octanol–water partition coefficient (Wildman–Crippen LogP) is 3.36. The number of aromatic hydroxyl groups is 1. The molecule has 1 N–H and O–H groups in total. The highest BCUT2D eigenvalue weighted by molar-refractivity contribution is 6.30. The highest BCUT2D eigenvalue weighted by Crippen LogP contribution is 2.25. The summed E-state index contributed by atoms with van der Waals surface area (Å²) in [7, 11) is 0. The normalized spacial score (nSPS) is 10.9. The van der Waals surface area contributed by atoms with Gasteiger partial charge in [-0.2, -0.15) is 0 Å². The van der Waals surface area contributed by atoms with Crippen LogP contribution in [0.25, 0.3) is 16.9 Å². The lowest BCUT2D eigenvalue weighted by molar-refractivity contribution is 0.477. The minimum atomic E-state index is 0.167. The molecule has 1 aromatic carbocycles. The zero-order valence-corrected chi connectivity index (χ0v) is 9.59. The molecule has 0 spiro atoms. The summed E-state index contributed by atoms with van der Waals surface area (Å²) >= 11 is 5.94. The van der Waals surface area contributed by atoms with Crippen molar-refractivity contribution in [3.8, 4) is 17.0 Å². The lowest BCUT2D eigenvalue weighted by Crippen LogP contribution is -1.80. The first-order valence-corrected chi connectivity index (χ1v) is 5.54. The molecule has 0 amide bonds. The fourth-order valence-corrected chi connectivity index (χ4v) is 1.98. The van der Waals surface area contributed by atoms with Gasteiger partial charge in [-0.15, -0.1) is 0 Å². The van der Waals surface area contributed by atoms with Crippen LogP contribution in [0.5, 0.6) is 5.75 Å². The average Bonchev–Trinajstić information content (AvgIpc) is 2.74. The third-order valence-electron chi connectivity index (χ3n) is 2.58. The van der Waals surface area contributed by atoms with Gasteiger partial charge < -0.3 is 9.51 Å². The molecule has 2 aromatic heterocycles. The SMILES string of the molecule is Oc1cccn2cc(-c3cccc(Cl)c3)nc12. The van der Waals surface area contributed by atoms with E-state index in [1.165, 1.54) is 0 Å². The molecule has 3 aromatic rings. The fourth-order valence-electron chi connectivity index (χ4n) is 1.79.